The van der Waals surface area contributed by atoms with Gasteiger partial charge in [-0.2, -0.15) is 0 Å². The van der Waals surface area contributed by atoms with Gasteiger partial charge in [-0.3, -0.25) is 4.99 Å². The van der Waals surface area contributed by atoms with Crippen molar-refractivity contribution in [1.29, 1.82) is 0 Å². The van der Waals surface area contributed by atoms with Crippen molar-refractivity contribution in [3.63, 3.8) is 0 Å². The fourth-order valence-corrected chi connectivity index (χ4v) is 0.540. The van der Waals surface area contributed by atoms with Crippen LogP contribution in [0.3, 0.4) is 0 Å². The van der Waals surface area contributed by atoms with Crippen LogP contribution in [0.15, 0.2) is 29.4 Å². The fourth-order valence-electron chi connectivity index (χ4n) is 0.540. The van der Waals surface area contributed by atoms with Gasteiger partial charge in [0.15, 0.2) is 0 Å². The van der Waals surface area contributed by atoms with Crippen molar-refractivity contribution in [1.82, 2.24) is 0 Å². The minimum atomic E-state index is 0.611. The standard InChI is InChI=1S/C8H14N2/c1-3-8(7-9)5-6-10-4-2/h4-6H,2-3,7,9H2,1H3/b8-5+,10-6-. The molecule has 0 aliphatic carbocycles. The van der Waals surface area contributed by atoms with E-state index in [1.807, 2.05) is 6.08 Å². The molecule has 0 radical (unpaired) electrons. The highest BCUT2D eigenvalue weighted by molar-refractivity contribution is 5.72. The Hall–Kier alpha value is -0.890. The van der Waals surface area contributed by atoms with Crippen LogP contribution in [0.5, 0.6) is 0 Å². The first kappa shape index (κ1) is 9.11. The molecule has 0 aromatic rings. The number of aliphatic imine (C=N–C) groups is 1. The molecule has 0 atom stereocenters. The van der Waals surface area contributed by atoms with Crippen LogP contribution in [-0.2, 0) is 0 Å². The summed E-state index contributed by atoms with van der Waals surface area (Å²) in [4.78, 5) is 3.81. The molecule has 2 nitrogen and oxygen atoms in total. The lowest BCUT2D eigenvalue weighted by atomic mass is 10.2. The lowest BCUT2D eigenvalue weighted by Crippen LogP contribution is -2.01. The second kappa shape index (κ2) is 6.23. The molecular formula is C8H14N2. The molecule has 2 N–H and O–H groups in total. The Balaban J connectivity index is 3.85. The summed E-state index contributed by atoms with van der Waals surface area (Å²) in [5, 5.41) is 0. The van der Waals surface area contributed by atoms with Crippen LogP contribution in [0.1, 0.15) is 13.3 Å². The average Bonchev–Trinajstić information content (AvgIpc) is 1.99. The van der Waals surface area contributed by atoms with Gasteiger partial charge in [0.05, 0.1) is 0 Å². The highest BCUT2D eigenvalue weighted by Crippen LogP contribution is 1.94. The number of hydrogen-bond acceptors (Lipinski definition) is 2. The zero-order valence-corrected chi connectivity index (χ0v) is 6.38. The number of hydrogen-bond donors (Lipinski definition) is 1. The van der Waals surface area contributed by atoms with Gasteiger partial charge in [0.1, 0.15) is 0 Å². The molecule has 0 aliphatic rings. The number of allylic oxidation sites excluding steroid dienone is 1. The predicted octanol–water partition coefficient (Wildman–Crippen LogP) is 1.50. The Morgan fingerprint density at radius 2 is 2.40 bits per heavy atom. The average molecular weight is 138 g/mol. The molecule has 0 saturated heterocycles. The van der Waals surface area contributed by atoms with Crippen LogP contribution in [0, 0.1) is 0 Å². The first-order valence-corrected chi connectivity index (χ1v) is 3.37. The van der Waals surface area contributed by atoms with E-state index in [1.165, 1.54) is 11.8 Å². The lowest BCUT2D eigenvalue weighted by Gasteiger charge is -1.94. The van der Waals surface area contributed by atoms with Crippen LogP contribution in [0.4, 0.5) is 0 Å². The molecule has 10 heavy (non-hydrogen) atoms. The monoisotopic (exact) mass is 138 g/mol. The molecule has 56 valence electrons. The molecule has 0 saturated carbocycles. The SMILES string of the molecule is C=C/N=C\C=C(/CC)CN. The summed E-state index contributed by atoms with van der Waals surface area (Å²) in [6.07, 6.45) is 6.11. The lowest BCUT2D eigenvalue weighted by molar-refractivity contribution is 1.01. The maximum atomic E-state index is 5.41. The molecule has 0 heterocycles. The van der Waals surface area contributed by atoms with Crippen LogP contribution in [0.2, 0.25) is 0 Å². The van der Waals surface area contributed by atoms with Gasteiger partial charge in [-0.15, -0.1) is 0 Å². The Labute approximate surface area is 62.1 Å². The fraction of sp³-hybridized carbons (Fsp3) is 0.375. The predicted molar refractivity (Wildman–Crippen MR) is 46.1 cm³/mol. The molecule has 0 aliphatic heterocycles. The van der Waals surface area contributed by atoms with Crippen molar-refractivity contribution in [2.75, 3.05) is 6.54 Å². The van der Waals surface area contributed by atoms with E-state index in [0.29, 0.717) is 6.54 Å². The van der Waals surface area contributed by atoms with Gasteiger partial charge in [0.2, 0.25) is 0 Å². The van der Waals surface area contributed by atoms with Crippen LogP contribution in [0.25, 0.3) is 0 Å². The Morgan fingerprint density at radius 1 is 1.70 bits per heavy atom. The van der Waals surface area contributed by atoms with E-state index >= 15 is 0 Å². The molecule has 0 fully saturated rings. The molecule has 0 bridgehead atoms. The number of nitrogens with two attached hydrogens (primary N) is 1. The largest absolute Gasteiger partial charge is 0.327 e. The number of rotatable bonds is 4. The Morgan fingerprint density at radius 3 is 2.80 bits per heavy atom. The van der Waals surface area contributed by atoms with Gasteiger partial charge >= 0.3 is 0 Å². The second-order valence-corrected chi connectivity index (χ2v) is 1.86. The quantitative estimate of drug-likeness (QED) is 0.587. The van der Waals surface area contributed by atoms with Gasteiger partial charge < -0.3 is 5.73 Å². The molecule has 0 rings (SSSR count). The third-order valence-corrected chi connectivity index (χ3v) is 1.22. The Bertz CT molecular complexity index is 139. The molecular weight excluding hydrogens is 124 g/mol. The summed E-state index contributed by atoms with van der Waals surface area (Å²) < 4.78 is 0. The van der Waals surface area contributed by atoms with Crippen molar-refractivity contribution in [3.8, 4) is 0 Å². The van der Waals surface area contributed by atoms with Crippen molar-refractivity contribution >= 4 is 6.21 Å². The highest BCUT2D eigenvalue weighted by Gasteiger charge is 1.84. The summed E-state index contributed by atoms with van der Waals surface area (Å²) in [6.45, 7) is 6.13. The topological polar surface area (TPSA) is 38.4 Å². The van der Waals surface area contributed by atoms with Gasteiger partial charge in [0.25, 0.3) is 0 Å². The van der Waals surface area contributed by atoms with E-state index in [-0.39, 0.29) is 0 Å². The summed E-state index contributed by atoms with van der Waals surface area (Å²) in [5.41, 5.74) is 6.61. The first-order valence-electron chi connectivity index (χ1n) is 3.37. The minimum Gasteiger partial charge on any atom is -0.327 e. The summed E-state index contributed by atoms with van der Waals surface area (Å²) >= 11 is 0. The first-order chi connectivity index (χ1) is 4.85. The molecule has 2 heteroatoms. The zero-order chi connectivity index (χ0) is 7.82. The second-order valence-electron chi connectivity index (χ2n) is 1.86. The van der Waals surface area contributed by atoms with Gasteiger partial charge in [-0.25, -0.2) is 0 Å². The van der Waals surface area contributed by atoms with Crippen LogP contribution >= 0.6 is 0 Å². The molecule has 0 aromatic heterocycles. The third-order valence-electron chi connectivity index (χ3n) is 1.22. The van der Waals surface area contributed by atoms with Gasteiger partial charge in [-0.05, 0) is 12.5 Å². The maximum absolute atomic E-state index is 5.41. The smallest absolute Gasteiger partial charge is 0.0267 e. The van der Waals surface area contributed by atoms with Crippen molar-refractivity contribution in [3.05, 3.63) is 24.4 Å². The third kappa shape index (κ3) is 4.04. The summed E-state index contributed by atoms with van der Waals surface area (Å²) in [6, 6.07) is 0. The highest BCUT2D eigenvalue weighted by atomic mass is 14.6. The maximum Gasteiger partial charge on any atom is 0.0267 e. The van der Waals surface area contributed by atoms with E-state index in [4.69, 9.17) is 5.73 Å². The summed E-state index contributed by atoms with van der Waals surface area (Å²) in [5.74, 6) is 0. The van der Waals surface area contributed by atoms with E-state index in [9.17, 15) is 0 Å². The van der Waals surface area contributed by atoms with E-state index < -0.39 is 0 Å². The van der Waals surface area contributed by atoms with Crippen LogP contribution < -0.4 is 5.73 Å². The Kier molecular flexibility index (Phi) is 5.68. The van der Waals surface area contributed by atoms with Gasteiger partial charge in [-0.1, -0.05) is 19.1 Å². The van der Waals surface area contributed by atoms with E-state index in [1.54, 1.807) is 6.21 Å². The molecule has 0 amide bonds. The van der Waals surface area contributed by atoms with Crippen molar-refractivity contribution in [2.24, 2.45) is 10.7 Å². The normalized spacial score (nSPS) is 12.4. The van der Waals surface area contributed by atoms with Gasteiger partial charge in [0, 0.05) is 19.0 Å². The van der Waals surface area contributed by atoms with E-state index in [0.717, 1.165) is 6.42 Å². The molecule has 0 aromatic carbocycles. The zero-order valence-electron chi connectivity index (χ0n) is 6.38. The number of nitrogens with zero attached hydrogens (tertiary/aromatic N) is 1. The molecule has 0 spiro atoms. The van der Waals surface area contributed by atoms with Crippen molar-refractivity contribution in [2.45, 2.75) is 13.3 Å². The minimum absolute atomic E-state index is 0.611. The van der Waals surface area contributed by atoms with Crippen molar-refractivity contribution < 1.29 is 0 Å². The van der Waals surface area contributed by atoms with E-state index in [2.05, 4.69) is 18.5 Å². The summed E-state index contributed by atoms with van der Waals surface area (Å²) in [7, 11) is 0. The molecule has 0 unspecified atom stereocenters. The van der Waals surface area contributed by atoms with Crippen LogP contribution in [-0.4, -0.2) is 12.8 Å².